The molecule has 0 aliphatic carbocycles. The highest BCUT2D eigenvalue weighted by Crippen LogP contribution is 2.34. The predicted molar refractivity (Wildman–Crippen MR) is 93.3 cm³/mol. The molecule has 1 heterocycles. The van der Waals surface area contributed by atoms with Crippen LogP contribution in [-0.4, -0.2) is 37.6 Å². The second-order valence-corrected chi connectivity index (χ2v) is 6.13. The van der Waals surface area contributed by atoms with Gasteiger partial charge in [-0.2, -0.15) is 5.10 Å². The third-order valence-electron chi connectivity index (χ3n) is 3.17. The first kappa shape index (κ1) is 16.5. The number of H-pyrrole nitrogens is 1. The molecule has 0 bridgehead atoms. The summed E-state index contributed by atoms with van der Waals surface area (Å²) >= 11 is 6.43. The summed E-state index contributed by atoms with van der Waals surface area (Å²) in [6.45, 7) is 5.47. The molecule has 2 N–H and O–H groups in total. The Morgan fingerprint density at radius 3 is 2.55 bits per heavy atom. The van der Waals surface area contributed by atoms with Crippen LogP contribution in [0.3, 0.4) is 0 Å². The van der Waals surface area contributed by atoms with Crippen LogP contribution in [0.15, 0.2) is 40.0 Å². The first-order valence-corrected chi connectivity index (χ1v) is 8.14. The maximum Gasteiger partial charge on any atom is 0.282 e. The highest BCUT2D eigenvalue weighted by molar-refractivity contribution is 8.23. The Bertz CT molecular complexity index is 712. The third-order valence-corrected chi connectivity index (χ3v) is 4.70. The van der Waals surface area contributed by atoms with E-state index in [9.17, 15) is 9.90 Å². The van der Waals surface area contributed by atoms with Crippen molar-refractivity contribution in [1.29, 1.82) is 0 Å². The van der Waals surface area contributed by atoms with Crippen molar-refractivity contribution in [2.45, 2.75) is 18.7 Å². The molecule has 0 spiro atoms. The predicted octanol–water partition coefficient (Wildman–Crippen LogP) is 2.86. The van der Waals surface area contributed by atoms with E-state index >= 15 is 0 Å². The van der Waals surface area contributed by atoms with E-state index in [1.165, 1.54) is 0 Å². The normalized spacial score (nSPS) is 10.5. The summed E-state index contributed by atoms with van der Waals surface area (Å²) in [4.78, 5) is 14.1. The number of thioether (sulfide) groups is 1. The van der Waals surface area contributed by atoms with E-state index in [-0.39, 0.29) is 10.6 Å². The zero-order chi connectivity index (χ0) is 16.1. The zero-order valence-corrected chi connectivity index (χ0v) is 14.0. The van der Waals surface area contributed by atoms with E-state index in [2.05, 4.69) is 10.2 Å². The highest BCUT2D eigenvalue weighted by atomic mass is 32.2. The van der Waals surface area contributed by atoms with Crippen molar-refractivity contribution in [3.63, 3.8) is 0 Å². The summed E-state index contributed by atoms with van der Waals surface area (Å²) in [6.07, 6.45) is 0. The van der Waals surface area contributed by atoms with Gasteiger partial charge in [0, 0.05) is 18.7 Å². The van der Waals surface area contributed by atoms with Gasteiger partial charge in [0.2, 0.25) is 0 Å². The largest absolute Gasteiger partial charge is 0.504 e. The third kappa shape index (κ3) is 3.48. The zero-order valence-electron chi connectivity index (χ0n) is 12.4. The van der Waals surface area contributed by atoms with Crippen molar-refractivity contribution >= 4 is 28.3 Å². The quantitative estimate of drug-likeness (QED) is 0.661. The van der Waals surface area contributed by atoms with Crippen LogP contribution < -0.4 is 5.56 Å². The molecule has 1 aromatic carbocycles. The molecule has 1 aromatic heterocycles. The second kappa shape index (κ2) is 7.42. The maximum atomic E-state index is 12.0. The number of benzene rings is 1. The van der Waals surface area contributed by atoms with Gasteiger partial charge in [-0.05, 0) is 13.8 Å². The molecule has 2 rings (SSSR count). The lowest BCUT2D eigenvalue weighted by Gasteiger charge is -2.20. The minimum atomic E-state index is -0.448. The van der Waals surface area contributed by atoms with Crippen molar-refractivity contribution in [2.75, 3.05) is 13.1 Å². The van der Waals surface area contributed by atoms with Crippen LogP contribution >= 0.6 is 24.0 Å². The van der Waals surface area contributed by atoms with Crippen LogP contribution in [0.5, 0.6) is 5.75 Å². The van der Waals surface area contributed by atoms with Crippen molar-refractivity contribution in [1.82, 2.24) is 15.1 Å². The number of nitrogens with zero attached hydrogens (tertiary/aromatic N) is 2. The molecule has 0 saturated carbocycles. The Morgan fingerprint density at radius 1 is 1.32 bits per heavy atom. The first-order valence-electron chi connectivity index (χ1n) is 6.92. The van der Waals surface area contributed by atoms with E-state index in [1.807, 2.05) is 49.1 Å². The van der Waals surface area contributed by atoms with E-state index < -0.39 is 5.56 Å². The maximum absolute atomic E-state index is 12.0. The van der Waals surface area contributed by atoms with Gasteiger partial charge in [-0.3, -0.25) is 4.79 Å². The summed E-state index contributed by atoms with van der Waals surface area (Å²) < 4.78 is 0.552. The van der Waals surface area contributed by atoms with Crippen LogP contribution in [0.2, 0.25) is 0 Å². The fourth-order valence-corrected chi connectivity index (χ4v) is 3.35. The topological polar surface area (TPSA) is 69.2 Å². The van der Waals surface area contributed by atoms with Crippen molar-refractivity contribution in [3.05, 3.63) is 40.7 Å². The van der Waals surface area contributed by atoms with E-state index in [4.69, 9.17) is 12.2 Å². The molecule has 0 saturated heterocycles. The molecule has 0 unspecified atom stereocenters. The smallest absolute Gasteiger partial charge is 0.282 e. The van der Waals surface area contributed by atoms with Gasteiger partial charge in [-0.15, -0.1) is 0 Å². The monoisotopic (exact) mass is 335 g/mol. The van der Waals surface area contributed by atoms with Gasteiger partial charge >= 0.3 is 0 Å². The number of aromatic hydroxyl groups is 1. The van der Waals surface area contributed by atoms with Crippen molar-refractivity contribution in [3.8, 4) is 17.0 Å². The molecular weight excluding hydrogens is 318 g/mol. The van der Waals surface area contributed by atoms with Crippen LogP contribution in [0.25, 0.3) is 11.3 Å². The van der Waals surface area contributed by atoms with E-state index in [0.29, 0.717) is 10.0 Å². The van der Waals surface area contributed by atoms with Crippen LogP contribution in [0, 0.1) is 0 Å². The molecule has 0 radical (unpaired) electrons. The molecule has 116 valence electrons. The lowest BCUT2D eigenvalue weighted by Crippen LogP contribution is -2.27. The molecule has 22 heavy (non-hydrogen) atoms. The molecular formula is C15H17N3O2S2. The Morgan fingerprint density at radius 2 is 1.95 bits per heavy atom. The number of rotatable bonds is 4. The highest BCUT2D eigenvalue weighted by Gasteiger charge is 2.18. The lowest BCUT2D eigenvalue weighted by molar-refractivity contribution is 0.457. The molecule has 2 aromatic rings. The molecule has 0 amide bonds. The van der Waals surface area contributed by atoms with Crippen LogP contribution in [0.4, 0.5) is 0 Å². The van der Waals surface area contributed by atoms with Gasteiger partial charge < -0.3 is 10.0 Å². The molecule has 0 fully saturated rings. The first-order chi connectivity index (χ1) is 10.6. The SMILES string of the molecule is CCN(CC)C(=S)Sc1c(O)c(-c2ccccc2)n[nH]c1=O. The van der Waals surface area contributed by atoms with Crippen LogP contribution in [-0.2, 0) is 0 Å². The van der Waals surface area contributed by atoms with Gasteiger partial charge in [-0.25, -0.2) is 5.10 Å². The summed E-state index contributed by atoms with van der Waals surface area (Å²) in [5.74, 6) is -0.144. The van der Waals surface area contributed by atoms with Gasteiger partial charge in [-0.1, -0.05) is 54.3 Å². The van der Waals surface area contributed by atoms with Crippen molar-refractivity contribution in [2.24, 2.45) is 0 Å². The standard InChI is InChI=1S/C15H17N3O2S2/c1-3-18(4-2)15(21)22-13-12(19)11(16-17-14(13)20)10-8-6-5-7-9-10/h5-9H,3-4H2,1-2H3,(H2,17,19,20). The molecule has 7 heteroatoms. The number of aromatic amines is 1. The fourth-order valence-electron chi connectivity index (χ4n) is 1.95. The average Bonchev–Trinajstić information content (AvgIpc) is 2.53. The number of hydrogen-bond acceptors (Lipinski definition) is 5. The number of hydrogen-bond donors (Lipinski definition) is 2. The van der Waals surface area contributed by atoms with Gasteiger partial charge in [0.15, 0.2) is 5.75 Å². The average molecular weight is 335 g/mol. The summed E-state index contributed by atoms with van der Waals surface area (Å²) in [5, 5.41) is 16.8. The molecule has 0 aliphatic heterocycles. The number of nitrogens with one attached hydrogen (secondary N) is 1. The van der Waals surface area contributed by atoms with Crippen LogP contribution in [0.1, 0.15) is 13.8 Å². The number of aromatic nitrogens is 2. The molecule has 0 atom stereocenters. The van der Waals surface area contributed by atoms with Gasteiger partial charge in [0.25, 0.3) is 5.56 Å². The summed E-state index contributed by atoms with van der Waals surface area (Å²) in [6, 6.07) is 9.19. The summed E-state index contributed by atoms with van der Waals surface area (Å²) in [7, 11) is 0. The minimum Gasteiger partial charge on any atom is -0.504 e. The van der Waals surface area contributed by atoms with Crippen molar-refractivity contribution < 1.29 is 5.11 Å². The fraction of sp³-hybridized carbons (Fsp3) is 0.267. The Kier molecular flexibility index (Phi) is 5.57. The van der Waals surface area contributed by atoms with Gasteiger partial charge in [0.1, 0.15) is 14.9 Å². The Labute approximate surface area is 138 Å². The van der Waals surface area contributed by atoms with Gasteiger partial charge in [0.05, 0.1) is 0 Å². The number of thiocarbonyl (C=S) groups is 1. The molecule has 0 aliphatic rings. The van der Waals surface area contributed by atoms with E-state index in [1.54, 1.807) is 0 Å². The Hall–Kier alpha value is -1.86. The molecule has 5 nitrogen and oxygen atoms in total. The Balaban J connectivity index is 2.40. The lowest BCUT2D eigenvalue weighted by atomic mass is 10.1. The summed E-state index contributed by atoms with van der Waals surface area (Å²) in [5.41, 5.74) is 0.619. The second-order valence-electron chi connectivity index (χ2n) is 4.49. The minimum absolute atomic E-state index is 0.144. The van der Waals surface area contributed by atoms with E-state index in [0.717, 1.165) is 30.4 Å².